The van der Waals surface area contributed by atoms with Crippen molar-refractivity contribution in [3.05, 3.63) is 29.8 Å². The molecule has 1 N–H and O–H groups in total. The fourth-order valence-corrected chi connectivity index (χ4v) is 4.25. The molecular formula is C20H27N3O4. The van der Waals surface area contributed by atoms with Gasteiger partial charge in [-0.15, -0.1) is 0 Å². The van der Waals surface area contributed by atoms with Gasteiger partial charge in [0.2, 0.25) is 11.8 Å². The summed E-state index contributed by atoms with van der Waals surface area (Å²) in [6.07, 6.45) is 0. The van der Waals surface area contributed by atoms with Crippen molar-refractivity contribution in [2.45, 2.75) is 32.4 Å². The SMILES string of the molecule is CCOC(=O)[C@]1(C)N[C@H](c2ccc(N(C)C)cc2)[C@@H]2C(=O)N(CC)C(=O)[C@@H]21. The minimum absolute atomic E-state index is 0.218. The number of amides is 2. The van der Waals surface area contributed by atoms with Gasteiger partial charge in [-0.1, -0.05) is 12.1 Å². The van der Waals surface area contributed by atoms with Crippen molar-refractivity contribution in [1.82, 2.24) is 10.2 Å². The van der Waals surface area contributed by atoms with E-state index in [0.29, 0.717) is 6.54 Å². The van der Waals surface area contributed by atoms with Gasteiger partial charge >= 0.3 is 5.97 Å². The highest BCUT2D eigenvalue weighted by Gasteiger charge is 2.66. The molecule has 0 spiro atoms. The lowest BCUT2D eigenvalue weighted by molar-refractivity contribution is -0.155. The van der Waals surface area contributed by atoms with Gasteiger partial charge in [-0.05, 0) is 38.5 Å². The maximum absolute atomic E-state index is 13.0. The number of hydrogen-bond acceptors (Lipinski definition) is 6. The van der Waals surface area contributed by atoms with Crippen LogP contribution in [0.25, 0.3) is 0 Å². The highest BCUT2D eigenvalue weighted by molar-refractivity contribution is 6.09. The largest absolute Gasteiger partial charge is 0.465 e. The molecule has 2 saturated heterocycles. The third-order valence-corrected chi connectivity index (χ3v) is 5.66. The number of hydrogen-bond donors (Lipinski definition) is 1. The zero-order valence-corrected chi connectivity index (χ0v) is 16.5. The molecule has 0 radical (unpaired) electrons. The fraction of sp³-hybridized carbons (Fsp3) is 0.550. The lowest BCUT2D eigenvalue weighted by atomic mass is 9.80. The molecule has 0 saturated carbocycles. The highest BCUT2D eigenvalue weighted by atomic mass is 16.5. The Morgan fingerprint density at radius 3 is 2.33 bits per heavy atom. The molecule has 4 atom stereocenters. The Morgan fingerprint density at radius 1 is 1.19 bits per heavy atom. The van der Waals surface area contributed by atoms with Crippen molar-refractivity contribution >= 4 is 23.5 Å². The number of carbonyl (C=O) groups is 3. The van der Waals surface area contributed by atoms with Crippen LogP contribution in [0.5, 0.6) is 0 Å². The predicted molar refractivity (Wildman–Crippen MR) is 101 cm³/mol. The summed E-state index contributed by atoms with van der Waals surface area (Å²) in [5.74, 6) is -2.40. The number of nitrogens with one attached hydrogen (secondary N) is 1. The van der Waals surface area contributed by atoms with Crippen molar-refractivity contribution in [1.29, 1.82) is 0 Å². The molecule has 1 aromatic rings. The van der Waals surface area contributed by atoms with Crippen LogP contribution in [0.2, 0.25) is 0 Å². The van der Waals surface area contributed by atoms with Crippen LogP contribution in [0.15, 0.2) is 24.3 Å². The van der Waals surface area contributed by atoms with Gasteiger partial charge in [0, 0.05) is 32.4 Å². The summed E-state index contributed by atoms with van der Waals surface area (Å²) in [6.45, 7) is 5.68. The quantitative estimate of drug-likeness (QED) is 0.620. The summed E-state index contributed by atoms with van der Waals surface area (Å²) in [7, 11) is 3.91. The summed E-state index contributed by atoms with van der Waals surface area (Å²) >= 11 is 0. The van der Waals surface area contributed by atoms with Crippen LogP contribution >= 0.6 is 0 Å². The standard InChI is InChI=1S/C20H27N3O4/c1-6-23-17(24)14-15(18(23)25)20(3,19(26)27-7-2)21-16(14)12-8-10-13(11-9-12)22(4)5/h8-11,14-16,21H,6-7H2,1-5H3/t14-,15-,16-,20-/m1/s1. The molecule has 7 nitrogen and oxygen atoms in total. The highest BCUT2D eigenvalue weighted by Crippen LogP contribution is 2.49. The van der Waals surface area contributed by atoms with Crippen LogP contribution in [-0.4, -0.2) is 55.5 Å². The zero-order valence-electron chi connectivity index (χ0n) is 16.5. The van der Waals surface area contributed by atoms with Gasteiger partial charge in [-0.2, -0.15) is 0 Å². The summed E-state index contributed by atoms with van der Waals surface area (Å²) in [5.41, 5.74) is 0.676. The molecule has 2 heterocycles. The molecule has 0 aromatic heterocycles. The average molecular weight is 373 g/mol. The van der Waals surface area contributed by atoms with Gasteiger partial charge in [0.05, 0.1) is 18.4 Å². The molecule has 2 aliphatic rings. The molecule has 0 bridgehead atoms. The second kappa shape index (κ2) is 6.96. The van der Waals surface area contributed by atoms with E-state index < -0.39 is 29.4 Å². The average Bonchev–Trinajstić information content (AvgIpc) is 3.09. The van der Waals surface area contributed by atoms with Gasteiger partial charge in [-0.3, -0.25) is 24.6 Å². The molecule has 1 aromatic carbocycles. The van der Waals surface area contributed by atoms with Crippen LogP contribution in [0.3, 0.4) is 0 Å². The number of imide groups is 1. The summed E-state index contributed by atoms with van der Waals surface area (Å²) in [5, 5.41) is 3.27. The molecule has 0 unspecified atom stereocenters. The molecule has 27 heavy (non-hydrogen) atoms. The summed E-state index contributed by atoms with van der Waals surface area (Å²) in [6, 6.07) is 7.38. The number of rotatable bonds is 5. The predicted octanol–water partition coefficient (Wildman–Crippen LogP) is 1.34. The van der Waals surface area contributed by atoms with Crippen LogP contribution in [0.4, 0.5) is 5.69 Å². The van der Waals surface area contributed by atoms with Crippen molar-refractivity contribution < 1.29 is 19.1 Å². The van der Waals surface area contributed by atoms with Gasteiger partial charge in [0.1, 0.15) is 5.54 Å². The monoisotopic (exact) mass is 373 g/mol. The van der Waals surface area contributed by atoms with Crippen LogP contribution in [-0.2, 0) is 19.1 Å². The molecule has 2 amide bonds. The lowest BCUT2D eigenvalue weighted by Crippen LogP contribution is -2.54. The molecular weight excluding hydrogens is 346 g/mol. The van der Waals surface area contributed by atoms with Gasteiger partial charge in [0.25, 0.3) is 0 Å². The van der Waals surface area contributed by atoms with E-state index in [2.05, 4.69) is 5.32 Å². The number of esters is 1. The third-order valence-electron chi connectivity index (χ3n) is 5.66. The topological polar surface area (TPSA) is 79.0 Å². The Hall–Kier alpha value is -2.41. The first-order valence-corrected chi connectivity index (χ1v) is 9.33. The first kappa shape index (κ1) is 19.4. The first-order valence-electron chi connectivity index (χ1n) is 9.33. The minimum Gasteiger partial charge on any atom is -0.465 e. The second-order valence-corrected chi connectivity index (χ2v) is 7.45. The second-order valence-electron chi connectivity index (χ2n) is 7.45. The van der Waals surface area contributed by atoms with E-state index in [4.69, 9.17) is 4.74 Å². The van der Waals surface area contributed by atoms with Crippen molar-refractivity contribution in [2.75, 3.05) is 32.1 Å². The number of benzene rings is 1. The van der Waals surface area contributed by atoms with Crippen molar-refractivity contribution in [3.8, 4) is 0 Å². The molecule has 3 rings (SSSR count). The summed E-state index contributed by atoms with van der Waals surface area (Å²) < 4.78 is 5.23. The number of anilines is 1. The van der Waals surface area contributed by atoms with E-state index in [1.165, 1.54) is 4.90 Å². The molecule has 146 valence electrons. The molecule has 2 aliphatic heterocycles. The first-order chi connectivity index (χ1) is 12.8. The Kier molecular flexibility index (Phi) is 4.99. The number of ether oxygens (including phenoxy) is 1. The van der Waals surface area contributed by atoms with Crippen LogP contribution in [0.1, 0.15) is 32.4 Å². The number of carbonyl (C=O) groups excluding carboxylic acids is 3. The number of likely N-dealkylation sites (tertiary alicyclic amines) is 1. The molecule has 2 fully saturated rings. The van der Waals surface area contributed by atoms with E-state index in [-0.39, 0.29) is 18.4 Å². The van der Waals surface area contributed by atoms with Gasteiger partial charge in [-0.25, -0.2) is 0 Å². The van der Waals surface area contributed by atoms with Crippen molar-refractivity contribution in [3.63, 3.8) is 0 Å². The Bertz CT molecular complexity index is 761. The Balaban J connectivity index is 2.04. The molecule has 7 heteroatoms. The maximum atomic E-state index is 13.0. The van der Waals surface area contributed by atoms with E-state index in [0.717, 1.165) is 11.3 Å². The van der Waals surface area contributed by atoms with Crippen LogP contribution < -0.4 is 10.2 Å². The van der Waals surface area contributed by atoms with E-state index in [1.54, 1.807) is 20.8 Å². The third kappa shape index (κ3) is 2.90. The summed E-state index contributed by atoms with van der Waals surface area (Å²) in [4.78, 5) is 41.8. The van der Waals surface area contributed by atoms with Crippen LogP contribution in [0, 0.1) is 11.8 Å². The molecule has 0 aliphatic carbocycles. The van der Waals surface area contributed by atoms with Gasteiger partial charge < -0.3 is 9.64 Å². The lowest BCUT2D eigenvalue weighted by Gasteiger charge is -2.29. The number of nitrogens with zero attached hydrogens (tertiary/aromatic N) is 2. The smallest absolute Gasteiger partial charge is 0.326 e. The zero-order chi connectivity index (χ0) is 19.9. The minimum atomic E-state index is -1.23. The Labute approximate surface area is 159 Å². The maximum Gasteiger partial charge on any atom is 0.326 e. The Morgan fingerprint density at radius 2 is 1.81 bits per heavy atom. The van der Waals surface area contributed by atoms with Gasteiger partial charge in [0.15, 0.2) is 0 Å². The van der Waals surface area contributed by atoms with E-state index >= 15 is 0 Å². The van der Waals surface area contributed by atoms with E-state index in [1.807, 2.05) is 43.3 Å². The van der Waals surface area contributed by atoms with E-state index in [9.17, 15) is 14.4 Å². The normalized spacial score (nSPS) is 29.8. The van der Waals surface area contributed by atoms with Crippen molar-refractivity contribution in [2.24, 2.45) is 11.8 Å². The number of fused-ring (bicyclic) bond motifs is 1. The fourth-order valence-electron chi connectivity index (χ4n) is 4.25.